The highest BCUT2D eigenvalue weighted by Crippen LogP contribution is 2.29. The summed E-state index contributed by atoms with van der Waals surface area (Å²) >= 11 is 0. The van der Waals surface area contributed by atoms with E-state index < -0.39 is 6.10 Å². The fourth-order valence-corrected chi connectivity index (χ4v) is 2.68. The Morgan fingerprint density at radius 1 is 0.923 bits per heavy atom. The van der Waals surface area contributed by atoms with E-state index in [-0.39, 0.29) is 12.4 Å². The molecule has 3 rings (SSSR count). The zero-order valence-corrected chi connectivity index (χ0v) is 14.5. The minimum atomic E-state index is -0.731. The van der Waals surface area contributed by atoms with Gasteiger partial charge in [0, 0.05) is 5.56 Å². The van der Waals surface area contributed by atoms with Crippen molar-refractivity contribution in [2.24, 2.45) is 0 Å². The summed E-state index contributed by atoms with van der Waals surface area (Å²) < 4.78 is 10.7. The molecule has 26 heavy (non-hydrogen) atoms. The number of aliphatic hydroxyl groups excluding tert-OH is 1. The van der Waals surface area contributed by atoms with Crippen LogP contribution in [0.3, 0.4) is 0 Å². The molecule has 3 aromatic carbocycles. The molecule has 4 nitrogen and oxygen atoms in total. The second-order valence-electron chi connectivity index (χ2n) is 5.85. The molecule has 0 aliphatic heterocycles. The van der Waals surface area contributed by atoms with Crippen molar-refractivity contribution < 1.29 is 19.4 Å². The summed E-state index contributed by atoms with van der Waals surface area (Å²) in [7, 11) is 1.36. The third kappa shape index (κ3) is 4.29. The lowest BCUT2D eigenvalue weighted by molar-refractivity contribution is -0.139. The van der Waals surface area contributed by atoms with Crippen molar-refractivity contribution in [2.45, 2.75) is 12.5 Å². The Hall–Kier alpha value is -3.11. The number of hydrogen-bond donors (Lipinski definition) is 1. The number of methoxy groups -OCH3 is 1. The van der Waals surface area contributed by atoms with Crippen molar-refractivity contribution in [1.29, 1.82) is 0 Å². The van der Waals surface area contributed by atoms with Crippen LogP contribution in [-0.2, 0) is 16.0 Å². The Morgan fingerprint density at radius 2 is 1.62 bits per heavy atom. The molecule has 0 aliphatic rings. The van der Waals surface area contributed by atoms with Gasteiger partial charge < -0.3 is 14.6 Å². The lowest BCUT2D eigenvalue weighted by Gasteiger charge is -2.14. The second kappa shape index (κ2) is 8.32. The summed E-state index contributed by atoms with van der Waals surface area (Å²) in [6.07, 6.45) is -0.594. The average molecular weight is 348 g/mol. The van der Waals surface area contributed by atoms with E-state index in [4.69, 9.17) is 9.47 Å². The molecule has 0 bridgehead atoms. The van der Waals surface area contributed by atoms with E-state index in [0.717, 1.165) is 16.7 Å². The fraction of sp³-hybridized carbons (Fsp3) is 0.136. The van der Waals surface area contributed by atoms with Gasteiger partial charge in [0.25, 0.3) is 0 Å². The Balaban J connectivity index is 1.83. The largest absolute Gasteiger partial charge is 0.469 e. The van der Waals surface area contributed by atoms with Crippen LogP contribution in [0.5, 0.6) is 11.5 Å². The second-order valence-corrected chi connectivity index (χ2v) is 5.85. The van der Waals surface area contributed by atoms with Gasteiger partial charge in [-0.2, -0.15) is 0 Å². The van der Waals surface area contributed by atoms with Crippen LogP contribution in [0.15, 0.2) is 78.9 Å². The third-order valence-corrected chi connectivity index (χ3v) is 4.05. The van der Waals surface area contributed by atoms with Gasteiger partial charge in [0.2, 0.25) is 0 Å². The maximum absolute atomic E-state index is 11.6. The number of para-hydroxylation sites is 1. The molecule has 0 aliphatic carbocycles. The van der Waals surface area contributed by atoms with Crippen molar-refractivity contribution >= 4 is 5.97 Å². The minimum absolute atomic E-state index is 0.138. The molecular formula is C22H20O4. The van der Waals surface area contributed by atoms with Crippen molar-refractivity contribution in [3.05, 3.63) is 95.6 Å². The summed E-state index contributed by atoms with van der Waals surface area (Å²) in [5, 5.41) is 10.6. The predicted molar refractivity (Wildman–Crippen MR) is 99.2 cm³/mol. The third-order valence-electron chi connectivity index (χ3n) is 4.05. The Morgan fingerprint density at radius 3 is 2.38 bits per heavy atom. The number of carbonyl (C=O) groups excluding carboxylic acids is 1. The summed E-state index contributed by atoms with van der Waals surface area (Å²) in [5.41, 5.74) is 2.29. The van der Waals surface area contributed by atoms with E-state index in [1.807, 2.05) is 66.7 Å². The van der Waals surface area contributed by atoms with Crippen molar-refractivity contribution in [2.75, 3.05) is 7.11 Å². The quantitative estimate of drug-likeness (QED) is 0.676. The predicted octanol–water partition coefficient (Wildman–Crippen LogP) is 4.28. The molecular weight excluding hydrogens is 328 g/mol. The maximum atomic E-state index is 11.6. The summed E-state index contributed by atoms with van der Waals surface area (Å²) in [5.74, 6) is 0.855. The number of aliphatic hydroxyl groups is 1. The molecule has 1 unspecified atom stereocenters. The molecule has 0 radical (unpaired) electrons. The van der Waals surface area contributed by atoms with Gasteiger partial charge in [0.05, 0.1) is 13.5 Å². The first-order chi connectivity index (χ1) is 12.7. The maximum Gasteiger partial charge on any atom is 0.310 e. The van der Waals surface area contributed by atoms with Crippen molar-refractivity contribution in [1.82, 2.24) is 0 Å². The molecule has 3 aromatic rings. The van der Waals surface area contributed by atoms with E-state index in [1.165, 1.54) is 7.11 Å². The first-order valence-corrected chi connectivity index (χ1v) is 8.33. The Kier molecular flexibility index (Phi) is 5.66. The first kappa shape index (κ1) is 17.7. The molecule has 1 atom stereocenters. The Labute approximate surface area is 152 Å². The summed E-state index contributed by atoms with van der Waals surface area (Å²) in [6, 6.07) is 24.1. The van der Waals surface area contributed by atoms with E-state index in [0.29, 0.717) is 11.5 Å². The molecule has 132 valence electrons. The lowest BCUT2D eigenvalue weighted by Crippen LogP contribution is -2.05. The number of carbonyl (C=O) groups is 1. The van der Waals surface area contributed by atoms with Crippen molar-refractivity contribution in [3.8, 4) is 11.5 Å². The monoisotopic (exact) mass is 348 g/mol. The van der Waals surface area contributed by atoms with E-state index in [9.17, 15) is 9.90 Å². The van der Waals surface area contributed by atoms with E-state index >= 15 is 0 Å². The average Bonchev–Trinajstić information content (AvgIpc) is 2.69. The number of ether oxygens (including phenoxy) is 2. The molecule has 0 spiro atoms. The molecule has 1 N–H and O–H groups in total. The van der Waals surface area contributed by atoms with Crippen LogP contribution in [0.25, 0.3) is 0 Å². The standard InChI is InChI=1S/C22H20O4/c1-25-21(23)15-17-10-5-6-13-20(17)26-19-12-7-11-18(14-19)22(24)16-8-3-2-4-9-16/h2-14,22,24H,15H2,1H3. The van der Waals surface area contributed by atoms with Gasteiger partial charge in [-0.3, -0.25) is 4.79 Å². The molecule has 0 saturated carbocycles. The zero-order valence-electron chi connectivity index (χ0n) is 14.5. The van der Waals surface area contributed by atoms with Crippen LogP contribution < -0.4 is 4.74 Å². The van der Waals surface area contributed by atoms with Gasteiger partial charge in [-0.05, 0) is 29.3 Å². The van der Waals surface area contributed by atoms with Crippen LogP contribution in [0.4, 0.5) is 0 Å². The topological polar surface area (TPSA) is 55.8 Å². The SMILES string of the molecule is COC(=O)Cc1ccccc1Oc1cccc(C(O)c2ccccc2)c1. The minimum Gasteiger partial charge on any atom is -0.469 e. The van der Waals surface area contributed by atoms with Crippen LogP contribution in [-0.4, -0.2) is 18.2 Å². The smallest absolute Gasteiger partial charge is 0.310 e. The highest BCUT2D eigenvalue weighted by atomic mass is 16.5. The van der Waals surface area contributed by atoms with Gasteiger partial charge >= 0.3 is 5.97 Å². The van der Waals surface area contributed by atoms with Crippen LogP contribution in [0.1, 0.15) is 22.8 Å². The van der Waals surface area contributed by atoms with Crippen molar-refractivity contribution in [3.63, 3.8) is 0 Å². The molecule has 0 aromatic heterocycles. The van der Waals surface area contributed by atoms with Crippen LogP contribution in [0, 0.1) is 0 Å². The summed E-state index contributed by atoms with van der Waals surface area (Å²) in [6.45, 7) is 0. The molecule has 0 fully saturated rings. The van der Waals surface area contributed by atoms with Gasteiger partial charge in [0.1, 0.15) is 17.6 Å². The van der Waals surface area contributed by atoms with Crippen LogP contribution in [0.2, 0.25) is 0 Å². The van der Waals surface area contributed by atoms with Gasteiger partial charge in [0.15, 0.2) is 0 Å². The molecule has 0 amide bonds. The highest BCUT2D eigenvalue weighted by molar-refractivity contribution is 5.73. The Bertz CT molecular complexity index is 874. The molecule has 0 saturated heterocycles. The van der Waals surface area contributed by atoms with Gasteiger partial charge in [-0.1, -0.05) is 60.7 Å². The van der Waals surface area contributed by atoms with E-state index in [1.54, 1.807) is 12.1 Å². The number of benzene rings is 3. The fourth-order valence-electron chi connectivity index (χ4n) is 2.68. The van der Waals surface area contributed by atoms with Gasteiger partial charge in [-0.15, -0.1) is 0 Å². The summed E-state index contributed by atoms with van der Waals surface area (Å²) in [4.78, 5) is 11.6. The van der Waals surface area contributed by atoms with Gasteiger partial charge in [-0.25, -0.2) is 0 Å². The number of esters is 1. The number of rotatable bonds is 6. The first-order valence-electron chi connectivity index (χ1n) is 8.33. The van der Waals surface area contributed by atoms with Crippen LogP contribution >= 0.6 is 0 Å². The highest BCUT2D eigenvalue weighted by Gasteiger charge is 2.13. The lowest BCUT2D eigenvalue weighted by atomic mass is 10.0. The van der Waals surface area contributed by atoms with E-state index in [2.05, 4.69) is 0 Å². The molecule has 4 heteroatoms. The number of hydrogen-bond acceptors (Lipinski definition) is 4. The normalized spacial score (nSPS) is 11.6. The zero-order chi connectivity index (χ0) is 18.4. The molecule has 0 heterocycles.